The lowest BCUT2D eigenvalue weighted by Crippen LogP contribution is -2.31. The lowest BCUT2D eigenvalue weighted by Gasteiger charge is -2.19. The van der Waals surface area contributed by atoms with Crippen molar-refractivity contribution in [2.45, 2.75) is 43.9 Å². The topological polar surface area (TPSA) is 80.5 Å². The van der Waals surface area contributed by atoms with Gasteiger partial charge >= 0.3 is 0 Å². The van der Waals surface area contributed by atoms with Crippen LogP contribution in [0.25, 0.3) is 10.2 Å². The number of fused-ring (bicyclic) bond motifs is 1. The highest BCUT2D eigenvalue weighted by molar-refractivity contribution is 7.92. The van der Waals surface area contributed by atoms with Crippen LogP contribution in [0.3, 0.4) is 0 Å². The zero-order valence-electron chi connectivity index (χ0n) is 18.4. The minimum atomic E-state index is -3.37. The fourth-order valence-electron chi connectivity index (χ4n) is 3.37. The quantitative estimate of drug-likeness (QED) is 0.318. The van der Waals surface area contributed by atoms with E-state index in [1.165, 1.54) is 11.3 Å². The molecule has 9 heteroatoms. The lowest BCUT2D eigenvalue weighted by molar-refractivity contribution is -0.118. The van der Waals surface area contributed by atoms with Gasteiger partial charge in [0.2, 0.25) is 5.91 Å². The van der Waals surface area contributed by atoms with E-state index >= 15 is 0 Å². The van der Waals surface area contributed by atoms with Crippen molar-refractivity contribution in [1.29, 1.82) is 0 Å². The third kappa shape index (κ3) is 4.83. The number of hydrogen-bond donors (Lipinski definition) is 0. The maximum atomic E-state index is 13.4. The number of sulfone groups is 1. The summed E-state index contributed by atoms with van der Waals surface area (Å²) in [4.78, 5) is 19.9. The van der Waals surface area contributed by atoms with Crippen molar-refractivity contribution in [2.24, 2.45) is 0 Å². The molecule has 0 aliphatic carbocycles. The Hall–Kier alpha value is -2.68. The third-order valence-electron chi connectivity index (χ3n) is 5.34. The van der Waals surface area contributed by atoms with Crippen LogP contribution >= 0.6 is 22.9 Å². The number of rotatable bonds is 7. The molecule has 2 aromatic heterocycles. The molecule has 6 nitrogen and oxygen atoms in total. The molecule has 1 amide bonds. The number of aryl methyl sites for hydroxylation is 1. The van der Waals surface area contributed by atoms with Crippen molar-refractivity contribution in [3.8, 4) is 0 Å². The summed E-state index contributed by atoms with van der Waals surface area (Å²) in [6.07, 6.45) is 1.65. The van der Waals surface area contributed by atoms with Gasteiger partial charge in [-0.05, 0) is 62.2 Å². The summed E-state index contributed by atoms with van der Waals surface area (Å²) < 4.78 is 31.0. The Balaban J connectivity index is 1.65. The predicted octanol–water partition coefficient (Wildman–Crippen LogP) is 5.81. The van der Waals surface area contributed by atoms with E-state index in [4.69, 9.17) is 21.0 Å². The number of halogens is 1. The van der Waals surface area contributed by atoms with Gasteiger partial charge in [0.05, 0.1) is 44.6 Å². The number of amides is 1. The third-order valence-corrected chi connectivity index (χ3v) is 9.05. The molecule has 4 aromatic rings. The molecule has 0 spiro atoms. The second-order valence-electron chi connectivity index (χ2n) is 8.01. The number of furan rings is 1. The number of carbonyl (C=O) groups excluding carboxylic acids is 1. The normalized spacial score (nSPS) is 11.9. The van der Waals surface area contributed by atoms with Gasteiger partial charge in [0.1, 0.15) is 5.76 Å². The monoisotopic (exact) mass is 502 g/mol. The number of benzene rings is 2. The Morgan fingerprint density at radius 1 is 1.15 bits per heavy atom. The molecule has 0 aliphatic rings. The Labute approximate surface area is 201 Å². The van der Waals surface area contributed by atoms with Crippen LogP contribution in [0.1, 0.15) is 30.7 Å². The fraction of sp³-hybridized carbons (Fsp3) is 0.250. The van der Waals surface area contributed by atoms with E-state index in [0.29, 0.717) is 21.5 Å². The Morgan fingerprint density at radius 2 is 1.88 bits per heavy atom. The second kappa shape index (κ2) is 9.29. The first-order valence-corrected chi connectivity index (χ1v) is 13.1. The molecule has 0 fully saturated rings. The number of hydrogen-bond acceptors (Lipinski definition) is 6. The van der Waals surface area contributed by atoms with Crippen molar-refractivity contribution in [3.63, 3.8) is 0 Å². The summed E-state index contributed by atoms with van der Waals surface area (Å²) in [6.45, 7) is 5.46. The van der Waals surface area contributed by atoms with Crippen LogP contribution < -0.4 is 4.90 Å². The summed E-state index contributed by atoms with van der Waals surface area (Å²) in [5.41, 5.74) is 2.45. The zero-order chi connectivity index (χ0) is 23.8. The van der Waals surface area contributed by atoms with Gasteiger partial charge in [-0.2, -0.15) is 0 Å². The summed E-state index contributed by atoms with van der Waals surface area (Å²) in [6, 6.07) is 13.8. The van der Waals surface area contributed by atoms with Crippen LogP contribution in [0.5, 0.6) is 0 Å². The molecule has 0 N–H and O–H groups in total. The minimum absolute atomic E-state index is 0.0886. The molecular formula is C24H23ClN2O4S2. The van der Waals surface area contributed by atoms with Gasteiger partial charge in [-0.25, -0.2) is 13.4 Å². The van der Waals surface area contributed by atoms with Crippen molar-refractivity contribution in [2.75, 3.05) is 4.90 Å². The summed E-state index contributed by atoms with van der Waals surface area (Å²) in [5.74, 6) is 0.447. The van der Waals surface area contributed by atoms with Gasteiger partial charge in [-0.1, -0.05) is 41.1 Å². The molecule has 0 aliphatic heterocycles. The Bertz CT molecular complexity index is 1350. The highest BCUT2D eigenvalue weighted by Crippen LogP contribution is 2.36. The molecule has 0 saturated carbocycles. The molecule has 0 saturated heterocycles. The van der Waals surface area contributed by atoms with Crippen molar-refractivity contribution in [1.82, 2.24) is 4.98 Å². The highest BCUT2D eigenvalue weighted by atomic mass is 35.5. The Morgan fingerprint density at radius 3 is 2.48 bits per heavy atom. The van der Waals surface area contributed by atoms with Gasteiger partial charge in [0.25, 0.3) is 0 Å². The SMILES string of the molecule is Cc1ccc(Cl)c2sc(N(Cc3ccco3)C(=O)Cc3ccc(S(=O)(=O)C(C)C)cc3)nc12. The lowest BCUT2D eigenvalue weighted by atomic mass is 10.1. The maximum absolute atomic E-state index is 13.4. The van der Waals surface area contributed by atoms with Crippen LogP contribution in [0.15, 0.2) is 64.1 Å². The van der Waals surface area contributed by atoms with E-state index < -0.39 is 15.1 Å². The van der Waals surface area contributed by atoms with Crippen LogP contribution in [0.4, 0.5) is 5.13 Å². The summed E-state index contributed by atoms with van der Waals surface area (Å²) in [7, 11) is -3.37. The summed E-state index contributed by atoms with van der Waals surface area (Å²) in [5, 5.41) is 0.608. The smallest absolute Gasteiger partial charge is 0.233 e. The first kappa shape index (κ1) is 23.5. The number of thiazole rings is 1. The average molecular weight is 503 g/mol. The molecule has 33 heavy (non-hydrogen) atoms. The first-order chi connectivity index (χ1) is 15.7. The largest absolute Gasteiger partial charge is 0.467 e. The van der Waals surface area contributed by atoms with E-state index in [1.807, 2.05) is 19.1 Å². The average Bonchev–Trinajstić information content (AvgIpc) is 3.45. The van der Waals surface area contributed by atoms with Crippen LogP contribution in [-0.2, 0) is 27.6 Å². The van der Waals surface area contributed by atoms with E-state index in [2.05, 4.69) is 0 Å². The minimum Gasteiger partial charge on any atom is -0.467 e. The van der Waals surface area contributed by atoms with Gasteiger partial charge in [-0.3, -0.25) is 9.69 Å². The van der Waals surface area contributed by atoms with Crippen LogP contribution in [0, 0.1) is 6.92 Å². The maximum Gasteiger partial charge on any atom is 0.233 e. The van der Waals surface area contributed by atoms with Crippen molar-refractivity contribution >= 4 is 54.0 Å². The van der Waals surface area contributed by atoms with Gasteiger partial charge in [0, 0.05) is 0 Å². The van der Waals surface area contributed by atoms with Crippen molar-refractivity contribution < 1.29 is 17.6 Å². The molecule has 0 unspecified atom stereocenters. The zero-order valence-corrected chi connectivity index (χ0v) is 20.8. The highest BCUT2D eigenvalue weighted by Gasteiger charge is 2.24. The number of carbonyl (C=O) groups is 1. The first-order valence-electron chi connectivity index (χ1n) is 10.4. The molecule has 0 atom stereocenters. The fourth-order valence-corrected chi connectivity index (χ4v) is 5.76. The van der Waals surface area contributed by atoms with Gasteiger partial charge < -0.3 is 4.42 Å². The molecule has 172 valence electrons. The van der Waals surface area contributed by atoms with Gasteiger partial charge in [0.15, 0.2) is 15.0 Å². The van der Waals surface area contributed by atoms with E-state index in [0.717, 1.165) is 15.8 Å². The van der Waals surface area contributed by atoms with Crippen LogP contribution in [0.2, 0.25) is 5.02 Å². The molecule has 0 bridgehead atoms. The standard InChI is InChI=1S/C24H23ClN2O4S2/c1-15(2)33(29,30)19-9-7-17(8-10-19)13-21(28)27(14-18-5-4-12-31-18)24-26-22-16(3)6-11-20(25)23(22)32-24/h4-12,15H,13-14H2,1-3H3. The number of anilines is 1. The number of aromatic nitrogens is 1. The Kier molecular flexibility index (Phi) is 6.61. The van der Waals surface area contributed by atoms with E-state index in [-0.39, 0.29) is 23.8 Å². The summed E-state index contributed by atoms with van der Waals surface area (Å²) >= 11 is 7.73. The van der Waals surface area contributed by atoms with Gasteiger partial charge in [-0.15, -0.1) is 0 Å². The molecule has 2 heterocycles. The van der Waals surface area contributed by atoms with E-state index in [9.17, 15) is 13.2 Å². The number of nitrogens with zero attached hydrogens (tertiary/aromatic N) is 2. The second-order valence-corrected chi connectivity index (χ2v) is 11.9. The molecule has 4 rings (SSSR count). The van der Waals surface area contributed by atoms with Crippen LogP contribution in [-0.4, -0.2) is 24.6 Å². The molecule has 2 aromatic carbocycles. The van der Waals surface area contributed by atoms with Crippen molar-refractivity contribution in [3.05, 3.63) is 76.7 Å². The molecular weight excluding hydrogens is 480 g/mol. The van der Waals surface area contributed by atoms with E-state index in [1.54, 1.807) is 61.4 Å². The molecule has 0 radical (unpaired) electrons. The predicted molar refractivity (Wildman–Crippen MR) is 132 cm³/mol.